The van der Waals surface area contributed by atoms with Crippen molar-refractivity contribution in [2.75, 3.05) is 12.9 Å². The molecule has 1 aliphatic carbocycles. The molecular formula is C19H25F2N3O3S. The lowest BCUT2D eigenvalue weighted by atomic mass is 9.95. The van der Waals surface area contributed by atoms with Gasteiger partial charge in [0.2, 0.25) is 11.7 Å². The Labute approximate surface area is 167 Å². The number of alkyl halides is 2. The highest BCUT2D eigenvalue weighted by Gasteiger charge is 2.25. The third-order valence-electron chi connectivity index (χ3n) is 4.70. The van der Waals surface area contributed by atoms with Crippen LogP contribution in [-0.4, -0.2) is 40.9 Å². The van der Waals surface area contributed by atoms with E-state index in [2.05, 4.69) is 27.1 Å². The Morgan fingerprint density at radius 2 is 2.11 bits per heavy atom. The van der Waals surface area contributed by atoms with E-state index in [1.807, 2.05) is 11.8 Å². The van der Waals surface area contributed by atoms with Crippen molar-refractivity contribution in [1.29, 1.82) is 0 Å². The van der Waals surface area contributed by atoms with Crippen LogP contribution < -0.4 is 14.8 Å². The third-order valence-corrected chi connectivity index (χ3v) is 6.03. The van der Waals surface area contributed by atoms with Crippen molar-refractivity contribution in [3.05, 3.63) is 24.1 Å². The van der Waals surface area contributed by atoms with Gasteiger partial charge in [0.05, 0.1) is 13.7 Å². The van der Waals surface area contributed by atoms with E-state index in [-0.39, 0.29) is 11.5 Å². The van der Waals surface area contributed by atoms with Crippen molar-refractivity contribution in [1.82, 2.24) is 15.5 Å². The quantitative estimate of drug-likeness (QED) is 0.649. The molecule has 1 heterocycles. The maximum Gasteiger partial charge on any atom is 0.387 e. The molecule has 1 aromatic carbocycles. The van der Waals surface area contributed by atoms with Crippen LogP contribution in [0.1, 0.15) is 38.5 Å². The summed E-state index contributed by atoms with van der Waals surface area (Å²) in [5.41, 5.74) is 0.602. The molecule has 0 aliphatic heterocycles. The van der Waals surface area contributed by atoms with E-state index >= 15 is 0 Å². The smallest absolute Gasteiger partial charge is 0.387 e. The Balaban J connectivity index is 1.65. The highest BCUT2D eigenvalue weighted by atomic mass is 32.2. The molecule has 0 bridgehead atoms. The summed E-state index contributed by atoms with van der Waals surface area (Å²) >= 11 is 2.00. The van der Waals surface area contributed by atoms with Gasteiger partial charge in [0.25, 0.3) is 0 Å². The van der Waals surface area contributed by atoms with Crippen LogP contribution in [0.2, 0.25) is 0 Å². The molecule has 28 heavy (non-hydrogen) atoms. The topological polar surface area (TPSA) is 69.4 Å². The van der Waals surface area contributed by atoms with Crippen LogP contribution in [0.3, 0.4) is 0 Å². The summed E-state index contributed by atoms with van der Waals surface area (Å²) in [6, 6.07) is 5.00. The summed E-state index contributed by atoms with van der Waals surface area (Å²) in [5.74, 6) is 2.13. The number of benzene rings is 1. The van der Waals surface area contributed by atoms with Gasteiger partial charge in [-0.15, -0.1) is 0 Å². The summed E-state index contributed by atoms with van der Waals surface area (Å²) in [4.78, 5) is 4.41. The summed E-state index contributed by atoms with van der Waals surface area (Å²) in [7, 11) is 1.39. The molecule has 1 N–H and O–H groups in total. The molecular weight excluding hydrogens is 388 g/mol. The van der Waals surface area contributed by atoms with Gasteiger partial charge in [-0.25, -0.2) is 0 Å². The fourth-order valence-corrected chi connectivity index (χ4v) is 4.63. The minimum Gasteiger partial charge on any atom is -0.493 e. The number of hydrogen-bond acceptors (Lipinski definition) is 7. The molecule has 6 nitrogen and oxygen atoms in total. The van der Waals surface area contributed by atoms with Crippen LogP contribution in [0, 0.1) is 0 Å². The molecule has 1 saturated carbocycles. The lowest BCUT2D eigenvalue weighted by molar-refractivity contribution is -0.0512. The van der Waals surface area contributed by atoms with Crippen LogP contribution in [0.4, 0.5) is 8.78 Å². The maximum atomic E-state index is 12.5. The zero-order chi connectivity index (χ0) is 19.9. The summed E-state index contributed by atoms with van der Waals surface area (Å²) in [5, 5.41) is 8.16. The molecule has 0 spiro atoms. The molecule has 0 unspecified atom stereocenters. The fraction of sp³-hybridized carbons (Fsp3) is 0.579. The average Bonchev–Trinajstić information content (AvgIpc) is 3.16. The molecule has 1 fully saturated rings. The zero-order valence-electron chi connectivity index (χ0n) is 16.0. The fourth-order valence-electron chi connectivity index (χ4n) is 3.41. The molecule has 3 rings (SSSR count). The van der Waals surface area contributed by atoms with E-state index in [4.69, 9.17) is 9.26 Å². The number of nitrogens with zero attached hydrogens (tertiary/aromatic N) is 2. The van der Waals surface area contributed by atoms with E-state index in [1.165, 1.54) is 32.4 Å². The van der Waals surface area contributed by atoms with Gasteiger partial charge in [-0.2, -0.15) is 25.5 Å². The molecule has 1 aliphatic rings. The second-order valence-corrected chi connectivity index (χ2v) is 8.04. The second-order valence-electron chi connectivity index (χ2n) is 6.52. The van der Waals surface area contributed by atoms with Crippen molar-refractivity contribution in [3.63, 3.8) is 0 Å². The summed E-state index contributed by atoms with van der Waals surface area (Å²) in [6.45, 7) is -0.230. The van der Waals surface area contributed by atoms with Gasteiger partial charge in [-0.05, 0) is 36.8 Å². The monoisotopic (exact) mass is 413 g/mol. The van der Waals surface area contributed by atoms with E-state index in [1.54, 1.807) is 12.1 Å². The number of aromatic nitrogens is 2. The number of rotatable bonds is 9. The number of nitrogens with one attached hydrogen (secondary N) is 1. The van der Waals surface area contributed by atoms with Crippen molar-refractivity contribution < 1.29 is 22.8 Å². The van der Waals surface area contributed by atoms with Crippen molar-refractivity contribution in [2.45, 2.75) is 57.1 Å². The normalized spacial score (nSPS) is 19.8. The van der Waals surface area contributed by atoms with Gasteiger partial charge in [0, 0.05) is 16.9 Å². The predicted molar refractivity (Wildman–Crippen MR) is 104 cm³/mol. The van der Waals surface area contributed by atoms with Gasteiger partial charge in [-0.1, -0.05) is 24.9 Å². The van der Waals surface area contributed by atoms with Crippen molar-refractivity contribution >= 4 is 11.8 Å². The first kappa shape index (κ1) is 20.9. The molecule has 0 amide bonds. The Kier molecular flexibility index (Phi) is 7.50. The molecule has 0 saturated heterocycles. The SMILES string of the molecule is CCS[C@H]1CCCC[C@H]1NCc1nc(-c2ccc(OC(F)F)c(OC)c2)no1. The number of methoxy groups -OCH3 is 1. The molecule has 0 radical (unpaired) electrons. The van der Waals surface area contributed by atoms with E-state index < -0.39 is 6.61 Å². The van der Waals surface area contributed by atoms with Crippen LogP contribution in [0.25, 0.3) is 11.4 Å². The molecule has 154 valence electrons. The largest absolute Gasteiger partial charge is 0.493 e. The van der Waals surface area contributed by atoms with E-state index in [0.29, 0.717) is 35.1 Å². The van der Waals surface area contributed by atoms with Crippen LogP contribution in [-0.2, 0) is 6.54 Å². The minimum atomic E-state index is -2.92. The van der Waals surface area contributed by atoms with Crippen LogP contribution >= 0.6 is 11.8 Å². The van der Waals surface area contributed by atoms with Gasteiger partial charge >= 0.3 is 6.61 Å². The maximum absolute atomic E-state index is 12.5. The van der Waals surface area contributed by atoms with Gasteiger partial charge in [0.15, 0.2) is 11.5 Å². The predicted octanol–water partition coefficient (Wildman–Crippen LogP) is 4.50. The van der Waals surface area contributed by atoms with Crippen LogP contribution in [0.15, 0.2) is 22.7 Å². The minimum absolute atomic E-state index is 0.0385. The number of thioether (sulfide) groups is 1. The number of ether oxygens (including phenoxy) is 2. The first-order valence-electron chi connectivity index (χ1n) is 9.41. The Hall–Kier alpha value is -1.87. The van der Waals surface area contributed by atoms with Crippen molar-refractivity contribution in [2.24, 2.45) is 0 Å². The molecule has 2 atom stereocenters. The Bertz CT molecular complexity index is 758. The first-order valence-corrected chi connectivity index (χ1v) is 10.5. The molecule has 9 heteroatoms. The highest BCUT2D eigenvalue weighted by molar-refractivity contribution is 7.99. The van der Waals surface area contributed by atoms with Crippen LogP contribution in [0.5, 0.6) is 11.5 Å². The zero-order valence-corrected chi connectivity index (χ0v) is 16.8. The number of hydrogen-bond donors (Lipinski definition) is 1. The number of halogens is 2. The average molecular weight is 413 g/mol. The van der Waals surface area contributed by atoms with Gasteiger partial charge in [0.1, 0.15) is 0 Å². The first-order chi connectivity index (χ1) is 13.6. The third kappa shape index (κ3) is 5.35. The lowest BCUT2D eigenvalue weighted by Crippen LogP contribution is -2.40. The summed E-state index contributed by atoms with van der Waals surface area (Å²) in [6.07, 6.45) is 4.91. The highest BCUT2D eigenvalue weighted by Crippen LogP contribution is 2.33. The van der Waals surface area contributed by atoms with E-state index in [9.17, 15) is 8.78 Å². The molecule has 1 aromatic heterocycles. The van der Waals surface area contributed by atoms with Gasteiger partial charge < -0.3 is 19.3 Å². The van der Waals surface area contributed by atoms with E-state index in [0.717, 1.165) is 12.2 Å². The lowest BCUT2D eigenvalue weighted by Gasteiger charge is -2.31. The Morgan fingerprint density at radius 1 is 1.29 bits per heavy atom. The van der Waals surface area contributed by atoms with Gasteiger partial charge in [-0.3, -0.25) is 0 Å². The molecule has 2 aromatic rings. The Morgan fingerprint density at radius 3 is 2.86 bits per heavy atom. The second kappa shape index (κ2) is 10.1. The standard InChI is InChI=1S/C19H25F2N3O3S/c1-3-28-16-7-5-4-6-13(16)22-11-17-23-18(24-27-17)12-8-9-14(26-19(20)21)15(10-12)25-2/h8-10,13,16,19,22H,3-7,11H2,1-2H3/t13-,16+/m1/s1. The van der Waals surface area contributed by atoms with Crippen molar-refractivity contribution in [3.8, 4) is 22.9 Å². The summed E-state index contributed by atoms with van der Waals surface area (Å²) < 4.78 is 39.8.